The molecule has 0 bridgehead atoms. The maximum Gasteiger partial charge on any atom is 0.238 e. The molecule has 0 saturated carbocycles. The van der Waals surface area contributed by atoms with Gasteiger partial charge in [-0.1, -0.05) is 11.6 Å². The number of anilines is 1. The molecule has 1 aromatic heterocycles. The second-order valence-electron chi connectivity index (χ2n) is 7.64. The molecule has 0 aliphatic carbocycles. The Morgan fingerprint density at radius 1 is 1.00 bits per heavy atom. The molecule has 1 heterocycles. The first kappa shape index (κ1) is 23.7. The van der Waals surface area contributed by atoms with Crippen molar-refractivity contribution in [2.24, 2.45) is 0 Å². The number of carbonyl (C=O) groups is 1. The molecule has 6 nitrogen and oxygen atoms in total. The first-order chi connectivity index (χ1) is 16.3. The van der Waals surface area contributed by atoms with Gasteiger partial charge in [-0.05, 0) is 92.1 Å². The molecule has 0 fully saturated rings. The summed E-state index contributed by atoms with van der Waals surface area (Å²) in [5, 5.41) is 8.01. The van der Waals surface area contributed by atoms with Gasteiger partial charge in [0.2, 0.25) is 10.7 Å². The first-order valence-corrected chi connectivity index (χ1v) is 11.0. The van der Waals surface area contributed by atoms with E-state index < -0.39 is 0 Å². The van der Waals surface area contributed by atoms with Gasteiger partial charge in [-0.25, -0.2) is 13.5 Å². The smallest absolute Gasteiger partial charge is 0.238 e. The highest BCUT2D eigenvalue weighted by atomic mass is 35.5. The van der Waals surface area contributed by atoms with E-state index in [9.17, 15) is 13.6 Å². The van der Waals surface area contributed by atoms with E-state index in [1.54, 1.807) is 69.7 Å². The van der Waals surface area contributed by atoms with Crippen LogP contribution in [0.1, 0.15) is 0 Å². The van der Waals surface area contributed by atoms with Crippen LogP contribution in [0.25, 0.3) is 17.1 Å². The van der Waals surface area contributed by atoms with Gasteiger partial charge < -0.3 is 5.32 Å². The van der Waals surface area contributed by atoms with Crippen LogP contribution in [-0.2, 0) is 11.5 Å². The van der Waals surface area contributed by atoms with Gasteiger partial charge in [-0.2, -0.15) is 0 Å². The lowest BCUT2D eigenvalue weighted by atomic mass is 10.2. The highest BCUT2D eigenvalue weighted by Crippen LogP contribution is 2.23. The highest BCUT2D eigenvalue weighted by Gasteiger charge is 2.17. The van der Waals surface area contributed by atoms with Crippen LogP contribution in [-0.4, -0.2) is 38.7 Å². The van der Waals surface area contributed by atoms with E-state index in [1.807, 2.05) is 0 Å². The van der Waals surface area contributed by atoms with E-state index in [0.29, 0.717) is 32.6 Å². The number of rotatable bonds is 7. The average Bonchev–Trinajstić information content (AvgIpc) is 3.12. The molecule has 1 amide bonds. The van der Waals surface area contributed by atoms with Crippen molar-refractivity contribution in [3.05, 3.63) is 94.2 Å². The van der Waals surface area contributed by atoms with Crippen LogP contribution >= 0.6 is 23.8 Å². The summed E-state index contributed by atoms with van der Waals surface area (Å²) in [7, 11) is 1.76. The second-order valence-corrected chi connectivity index (χ2v) is 8.44. The van der Waals surface area contributed by atoms with Crippen LogP contribution in [0.3, 0.4) is 0 Å². The average molecular weight is 500 g/mol. The van der Waals surface area contributed by atoms with Gasteiger partial charge in [0.15, 0.2) is 5.82 Å². The zero-order chi connectivity index (χ0) is 24.2. The zero-order valence-electron chi connectivity index (χ0n) is 18.1. The van der Waals surface area contributed by atoms with E-state index in [4.69, 9.17) is 23.8 Å². The number of hydrogen-bond donors (Lipinski definition) is 1. The van der Waals surface area contributed by atoms with Crippen LogP contribution in [0, 0.1) is 16.4 Å². The summed E-state index contributed by atoms with van der Waals surface area (Å²) in [6.45, 7) is 0.301. The fourth-order valence-corrected chi connectivity index (χ4v) is 3.78. The van der Waals surface area contributed by atoms with Crippen LogP contribution < -0.4 is 5.32 Å². The SMILES string of the molecule is CN(CC(=O)Nc1ccc(Cl)cc1)Cn1nc(-c2ccc(F)cc2)n(-c2ccc(F)cc2)c1=S. The molecule has 34 heavy (non-hydrogen) atoms. The number of aromatic nitrogens is 3. The zero-order valence-corrected chi connectivity index (χ0v) is 19.7. The minimum atomic E-state index is -0.377. The maximum atomic E-state index is 13.5. The molecule has 0 unspecified atom stereocenters. The molecule has 0 atom stereocenters. The number of likely N-dealkylation sites (N-methyl/N-ethyl adjacent to an activating group) is 1. The first-order valence-electron chi connectivity index (χ1n) is 10.3. The Morgan fingerprint density at radius 2 is 1.59 bits per heavy atom. The Kier molecular flexibility index (Phi) is 7.16. The number of halogens is 3. The van der Waals surface area contributed by atoms with Gasteiger partial charge in [0.1, 0.15) is 11.6 Å². The summed E-state index contributed by atoms with van der Waals surface area (Å²) in [6, 6.07) is 18.5. The molecule has 4 rings (SSSR count). The van der Waals surface area contributed by atoms with E-state index in [1.165, 1.54) is 24.3 Å². The molecule has 0 radical (unpaired) electrons. The molecular formula is C24H20ClF2N5OS. The van der Waals surface area contributed by atoms with Gasteiger partial charge in [0.25, 0.3) is 0 Å². The monoisotopic (exact) mass is 499 g/mol. The molecule has 4 aromatic rings. The topological polar surface area (TPSA) is 55.1 Å². The second kappa shape index (κ2) is 10.3. The van der Waals surface area contributed by atoms with Crippen molar-refractivity contribution in [2.45, 2.75) is 6.67 Å². The number of amides is 1. The third kappa shape index (κ3) is 5.56. The minimum Gasteiger partial charge on any atom is -0.325 e. The Morgan fingerprint density at radius 3 is 2.21 bits per heavy atom. The molecule has 3 aromatic carbocycles. The van der Waals surface area contributed by atoms with E-state index in [2.05, 4.69) is 10.4 Å². The van der Waals surface area contributed by atoms with Crippen LogP contribution in [0.5, 0.6) is 0 Å². The Bertz CT molecular complexity index is 1350. The van der Waals surface area contributed by atoms with Crippen molar-refractivity contribution >= 4 is 35.4 Å². The van der Waals surface area contributed by atoms with Gasteiger partial charge in [0, 0.05) is 16.3 Å². The molecule has 0 spiro atoms. The molecular weight excluding hydrogens is 480 g/mol. The molecule has 0 aliphatic rings. The van der Waals surface area contributed by atoms with Gasteiger partial charge in [0.05, 0.1) is 18.9 Å². The summed E-state index contributed by atoms with van der Waals surface area (Å²) >= 11 is 11.5. The predicted molar refractivity (Wildman–Crippen MR) is 130 cm³/mol. The lowest BCUT2D eigenvalue weighted by Gasteiger charge is -2.16. The molecule has 174 valence electrons. The van der Waals surface area contributed by atoms with Crippen LogP contribution in [0.4, 0.5) is 14.5 Å². The van der Waals surface area contributed by atoms with Crippen molar-refractivity contribution in [1.29, 1.82) is 0 Å². The minimum absolute atomic E-state index is 0.0830. The molecule has 0 saturated heterocycles. The van der Waals surface area contributed by atoms with Crippen LogP contribution in [0.2, 0.25) is 5.02 Å². The number of nitrogens with zero attached hydrogens (tertiary/aromatic N) is 4. The van der Waals surface area contributed by atoms with Crippen molar-refractivity contribution < 1.29 is 13.6 Å². The van der Waals surface area contributed by atoms with Gasteiger partial charge in [-0.15, -0.1) is 5.10 Å². The number of carbonyl (C=O) groups excluding carboxylic acids is 1. The third-order valence-electron chi connectivity index (χ3n) is 4.94. The van der Waals surface area contributed by atoms with Gasteiger partial charge in [-0.3, -0.25) is 14.3 Å². The highest BCUT2D eigenvalue weighted by molar-refractivity contribution is 7.71. The van der Waals surface area contributed by atoms with Crippen molar-refractivity contribution in [3.8, 4) is 17.1 Å². The van der Waals surface area contributed by atoms with E-state index in [-0.39, 0.29) is 30.8 Å². The molecule has 1 N–H and O–H groups in total. The largest absolute Gasteiger partial charge is 0.325 e. The van der Waals surface area contributed by atoms with Crippen molar-refractivity contribution in [1.82, 2.24) is 19.2 Å². The summed E-state index contributed by atoms with van der Waals surface area (Å²) in [4.78, 5) is 14.2. The Labute approximate surface area is 205 Å². The lowest BCUT2D eigenvalue weighted by molar-refractivity contribution is -0.117. The number of benzene rings is 3. The summed E-state index contributed by atoms with van der Waals surface area (Å²) in [5.41, 5.74) is 1.89. The standard InChI is InChI=1S/C24H20ClF2N5OS/c1-30(14-22(33)28-20-10-4-17(25)5-11-20)15-31-24(34)32(21-12-8-19(27)9-13-21)23(29-31)16-2-6-18(26)7-3-16/h2-13H,14-15H2,1H3,(H,28,33). The maximum absolute atomic E-state index is 13.5. The number of hydrogen-bond acceptors (Lipinski definition) is 4. The van der Waals surface area contributed by atoms with Crippen molar-refractivity contribution in [3.63, 3.8) is 0 Å². The van der Waals surface area contributed by atoms with Gasteiger partial charge >= 0.3 is 0 Å². The molecule has 0 aliphatic heterocycles. The third-order valence-corrected chi connectivity index (χ3v) is 5.59. The number of nitrogens with one attached hydrogen (secondary N) is 1. The summed E-state index contributed by atoms with van der Waals surface area (Å²) in [5.74, 6) is -0.498. The molecule has 10 heteroatoms. The van der Waals surface area contributed by atoms with E-state index >= 15 is 0 Å². The fourth-order valence-electron chi connectivity index (χ4n) is 3.37. The summed E-state index contributed by atoms with van der Waals surface area (Å²) < 4.78 is 30.6. The van der Waals surface area contributed by atoms with Crippen LogP contribution in [0.15, 0.2) is 72.8 Å². The lowest BCUT2D eigenvalue weighted by Crippen LogP contribution is -2.32. The van der Waals surface area contributed by atoms with E-state index in [0.717, 1.165) is 0 Å². The Hall–Kier alpha value is -3.40. The fraction of sp³-hybridized carbons (Fsp3) is 0.125. The summed E-state index contributed by atoms with van der Waals surface area (Å²) in [6.07, 6.45) is 0. The Balaban J connectivity index is 1.59. The quantitative estimate of drug-likeness (QED) is 0.340. The normalized spacial score (nSPS) is 11.1. The van der Waals surface area contributed by atoms with Crippen molar-refractivity contribution in [2.75, 3.05) is 18.9 Å². The predicted octanol–water partition coefficient (Wildman–Crippen LogP) is 5.53.